The molecule has 114 valence electrons. The van der Waals surface area contributed by atoms with Crippen LogP contribution < -0.4 is 10.1 Å². The van der Waals surface area contributed by atoms with Crippen LogP contribution in [0, 0.1) is 17.8 Å². The summed E-state index contributed by atoms with van der Waals surface area (Å²) in [6, 6.07) is 4.21. The van der Waals surface area contributed by atoms with Crippen LogP contribution in [0.15, 0.2) is 21.1 Å². The van der Waals surface area contributed by atoms with E-state index in [1.165, 1.54) is 5.56 Å². The van der Waals surface area contributed by atoms with E-state index in [9.17, 15) is 0 Å². The molecule has 0 saturated carbocycles. The standard InChI is InChI=1S/C16H25Br2NO/c1-10(2)13(11(3)4)9-19-8-12-6-14(17)16(20-5)15(18)7-12/h6-7,10-11,13,19H,8-9H2,1-5H3. The maximum absolute atomic E-state index is 5.32. The first-order valence-corrected chi connectivity index (χ1v) is 8.68. The van der Waals surface area contributed by atoms with Crippen LogP contribution in [0.5, 0.6) is 5.75 Å². The fourth-order valence-electron chi connectivity index (χ4n) is 2.53. The quantitative estimate of drug-likeness (QED) is 0.668. The largest absolute Gasteiger partial charge is 0.494 e. The molecule has 20 heavy (non-hydrogen) atoms. The van der Waals surface area contributed by atoms with Gasteiger partial charge in [0.25, 0.3) is 0 Å². The van der Waals surface area contributed by atoms with Crippen molar-refractivity contribution in [3.05, 3.63) is 26.6 Å². The van der Waals surface area contributed by atoms with E-state index >= 15 is 0 Å². The number of halogens is 2. The Morgan fingerprint density at radius 3 is 1.95 bits per heavy atom. The highest BCUT2D eigenvalue weighted by atomic mass is 79.9. The van der Waals surface area contributed by atoms with Gasteiger partial charge in [0.15, 0.2) is 0 Å². The summed E-state index contributed by atoms with van der Waals surface area (Å²) in [5.74, 6) is 2.96. The van der Waals surface area contributed by atoms with E-state index < -0.39 is 0 Å². The maximum Gasteiger partial charge on any atom is 0.147 e. The molecule has 0 amide bonds. The van der Waals surface area contributed by atoms with E-state index in [0.29, 0.717) is 17.8 Å². The summed E-state index contributed by atoms with van der Waals surface area (Å²) >= 11 is 7.09. The molecule has 0 aliphatic heterocycles. The van der Waals surface area contributed by atoms with Gasteiger partial charge in [0.2, 0.25) is 0 Å². The normalized spacial score (nSPS) is 11.7. The lowest BCUT2D eigenvalue weighted by Crippen LogP contribution is -2.29. The van der Waals surface area contributed by atoms with Crippen molar-refractivity contribution in [3.8, 4) is 5.75 Å². The average Bonchev–Trinajstić information content (AvgIpc) is 2.33. The van der Waals surface area contributed by atoms with Crippen molar-refractivity contribution >= 4 is 31.9 Å². The molecule has 0 atom stereocenters. The molecule has 0 unspecified atom stereocenters. The summed E-state index contributed by atoms with van der Waals surface area (Å²) in [7, 11) is 1.68. The van der Waals surface area contributed by atoms with Gasteiger partial charge in [-0.2, -0.15) is 0 Å². The third-order valence-electron chi connectivity index (χ3n) is 3.68. The summed E-state index contributed by atoms with van der Waals surface area (Å²) in [6.07, 6.45) is 0. The zero-order chi connectivity index (χ0) is 15.3. The first-order valence-electron chi connectivity index (χ1n) is 7.09. The van der Waals surface area contributed by atoms with Gasteiger partial charge < -0.3 is 10.1 Å². The average molecular weight is 407 g/mol. The minimum atomic E-state index is 0.705. The second kappa shape index (κ2) is 8.40. The lowest BCUT2D eigenvalue weighted by Gasteiger charge is -2.25. The maximum atomic E-state index is 5.32. The second-order valence-electron chi connectivity index (χ2n) is 5.88. The summed E-state index contributed by atoms with van der Waals surface area (Å²) in [4.78, 5) is 0. The van der Waals surface area contributed by atoms with Crippen LogP contribution >= 0.6 is 31.9 Å². The highest BCUT2D eigenvalue weighted by Gasteiger charge is 2.17. The van der Waals surface area contributed by atoms with Gasteiger partial charge in [-0.1, -0.05) is 27.7 Å². The zero-order valence-corrected chi connectivity index (χ0v) is 16.1. The van der Waals surface area contributed by atoms with Crippen LogP contribution in [0.2, 0.25) is 0 Å². The number of methoxy groups -OCH3 is 1. The molecule has 0 radical (unpaired) electrons. The van der Waals surface area contributed by atoms with E-state index in [1.54, 1.807) is 7.11 Å². The van der Waals surface area contributed by atoms with Gasteiger partial charge in [-0.3, -0.25) is 0 Å². The molecule has 1 aromatic carbocycles. The number of rotatable bonds is 7. The van der Waals surface area contributed by atoms with Crippen LogP contribution in [0.1, 0.15) is 33.3 Å². The molecular weight excluding hydrogens is 382 g/mol. The molecule has 0 bridgehead atoms. The Balaban J connectivity index is 2.62. The first kappa shape index (κ1) is 18.0. The summed E-state index contributed by atoms with van der Waals surface area (Å²) in [6.45, 7) is 11.1. The van der Waals surface area contributed by atoms with Gasteiger partial charge in [0, 0.05) is 6.54 Å². The fourth-order valence-corrected chi connectivity index (χ4v) is 4.14. The van der Waals surface area contributed by atoms with Crippen LogP contribution in [0.3, 0.4) is 0 Å². The molecule has 0 heterocycles. The lowest BCUT2D eigenvalue weighted by molar-refractivity contribution is 0.275. The first-order chi connectivity index (χ1) is 9.36. The topological polar surface area (TPSA) is 21.3 Å². The molecule has 0 aliphatic carbocycles. The number of hydrogen-bond donors (Lipinski definition) is 1. The van der Waals surface area contributed by atoms with E-state index in [1.807, 2.05) is 0 Å². The van der Waals surface area contributed by atoms with Crippen molar-refractivity contribution in [2.24, 2.45) is 17.8 Å². The van der Waals surface area contributed by atoms with Crippen molar-refractivity contribution in [2.75, 3.05) is 13.7 Å². The predicted molar refractivity (Wildman–Crippen MR) is 93.3 cm³/mol. The van der Waals surface area contributed by atoms with Gasteiger partial charge in [-0.05, 0) is 73.9 Å². The fraction of sp³-hybridized carbons (Fsp3) is 0.625. The molecule has 0 spiro atoms. The Morgan fingerprint density at radius 1 is 1.05 bits per heavy atom. The predicted octanol–water partition coefficient (Wildman–Crippen LogP) is 5.24. The van der Waals surface area contributed by atoms with E-state index in [0.717, 1.165) is 27.8 Å². The third-order valence-corrected chi connectivity index (χ3v) is 4.86. The minimum Gasteiger partial charge on any atom is -0.494 e. The molecule has 2 nitrogen and oxygen atoms in total. The zero-order valence-electron chi connectivity index (χ0n) is 13.0. The van der Waals surface area contributed by atoms with Crippen molar-refractivity contribution in [1.29, 1.82) is 0 Å². The van der Waals surface area contributed by atoms with E-state index in [-0.39, 0.29) is 0 Å². The summed E-state index contributed by atoms with van der Waals surface area (Å²) in [5.41, 5.74) is 1.25. The van der Waals surface area contributed by atoms with Gasteiger partial charge in [-0.25, -0.2) is 0 Å². The molecule has 4 heteroatoms. The van der Waals surface area contributed by atoms with Gasteiger partial charge in [-0.15, -0.1) is 0 Å². The highest BCUT2D eigenvalue weighted by Crippen LogP contribution is 2.34. The van der Waals surface area contributed by atoms with Crippen molar-refractivity contribution in [3.63, 3.8) is 0 Å². The van der Waals surface area contributed by atoms with Crippen LogP contribution in [-0.4, -0.2) is 13.7 Å². The van der Waals surface area contributed by atoms with Gasteiger partial charge in [0.05, 0.1) is 16.1 Å². The minimum absolute atomic E-state index is 0.705. The van der Waals surface area contributed by atoms with E-state index in [4.69, 9.17) is 4.74 Å². The Bertz CT molecular complexity index is 401. The number of hydrogen-bond acceptors (Lipinski definition) is 2. The Morgan fingerprint density at radius 2 is 1.55 bits per heavy atom. The third kappa shape index (κ3) is 5.05. The Kier molecular flexibility index (Phi) is 7.56. The van der Waals surface area contributed by atoms with E-state index in [2.05, 4.69) is 77.0 Å². The summed E-state index contributed by atoms with van der Waals surface area (Å²) in [5, 5.41) is 3.57. The van der Waals surface area contributed by atoms with Gasteiger partial charge >= 0.3 is 0 Å². The highest BCUT2D eigenvalue weighted by molar-refractivity contribution is 9.11. The van der Waals surface area contributed by atoms with Crippen LogP contribution in [0.25, 0.3) is 0 Å². The summed E-state index contributed by atoms with van der Waals surface area (Å²) < 4.78 is 7.29. The Hall–Kier alpha value is -0.0600. The van der Waals surface area contributed by atoms with Crippen LogP contribution in [-0.2, 0) is 6.54 Å². The number of benzene rings is 1. The van der Waals surface area contributed by atoms with Crippen LogP contribution in [0.4, 0.5) is 0 Å². The molecule has 0 aromatic heterocycles. The Labute approximate surface area is 139 Å². The SMILES string of the molecule is COc1c(Br)cc(CNCC(C(C)C)C(C)C)cc1Br. The number of nitrogens with one attached hydrogen (secondary N) is 1. The number of ether oxygens (including phenoxy) is 1. The molecule has 1 aromatic rings. The second-order valence-corrected chi connectivity index (χ2v) is 7.58. The monoisotopic (exact) mass is 405 g/mol. The van der Waals surface area contributed by atoms with Crippen molar-refractivity contribution in [1.82, 2.24) is 5.32 Å². The molecule has 1 N–H and O–H groups in total. The smallest absolute Gasteiger partial charge is 0.147 e. The lowest BCUT2D eigenvalue weighted by atomic mass is 9.85. The van der Waals surface area contributed by atoms with Crippen molar-refractivity contribution < 1.29 is 4.74 Å². The molecular formula is C16H25Br2NO. The molecule has 0 saturated heterocycles. The molecule has 0 fully saturated rings. The van der Waals surface area contributed by atoms with Gasteiger partial charge in [0.1, 0.15) is 5.75 Å². The molecule has 0 aliphatic rings. The molecule has 1 rings (SSSR count). The van der Waals surface area contributed by atoms with Crippen molar-refractivity contribution in [2.45, 2.75) is 34.2 Å².